The van der Waals surface area contributed by atoms with E-state index in [4.69, 9.17) is 9.47 Å². The summed E-state index contributed by atoms with van der Waals surface area (Å²) in [6.45, 7) is 0.548. The maximum atomic E-state index is 13.4. The Hall–Kier alpha value is -4.21. The minimum absolute atomic E-state index is 0.00654. The number of aryl methyl sites for hydroxylation is 1. The van der Waals surface area contributed by atoms with Crippen LogP contribution >= 0.6 is 0 Å². The first kappa shape index (κ1) is 22.6. The van der Waals surface area contributed by atoms with Gasteiger partial charge in [0.05, 0.1) is 23.1 Å². The fraction of sp³-hybridized carbons (Fsp3) is 0.160. The van der Waals surface area contributed by atoms with Crippen LogP contribution in [0.5, 0.6) is 17.4 Å². The van der Waals surface area contributed by atoms with E-state index in [1.54, 1.807) is 16.7 Å². The van der Waals surface area contributed by atoms with E-state index in [0.717, 1.165) is 29.3 Å². The highest BCUT2D eigenvalue weighted by atomic mass is 19.4. The van der Waals surface area contributed by atoms with Crippen LogP contribution < -0.4 is 15.2 Å². The molecule has 0 atom stereocenters. The third-order valence-electron chi connectivity index (χ3n) is 5.53. The Balaban J connectivity index is 1.29. The molecule has 1 aliphatic rings. The highest BCUT2D eigenvalue weighted by molar-refractivity contribution is 5.66. The van der Waals surface area contributed by atoms with Gasteiger partial charge in [-0.15, -0.1) is 0 Å². The van der Waals surface area contributed by atoms with Gasteiger partial charge in [0.25, 0.3) is 0 Å². The molecule has 5 rings (SSSR count). The highest BCUT2D eigenvalue weighted by Crippen LogP contribution is 2.35. The van der Waals surface area contributed by atoms with Gasteiger partial charge >= 0.3 is 11.9 Å². The molecule has 4 aromatic rings. The number of fused-ring (bicyclic) bond motifs is 3. The normalized spacial score (nSPS) is 12.6. The maximum absolute atomic E-state index is 13.4. The number of aromatic nitrogens is 3. The Morgan fingerprint density at radius 3 is 2.57 bits per heavy atom. The Bertz CT molecular complexity index is 1450. The largest absolute Gasteiger partial charge is 0.471 e. The topological polar surface area (TPSA) is 66.2 Å². The van der Waals surface area contributed by atoms with Crippen molar-refractivity contribution in [1.82, 2.24) is 14.5 Å². The van der Waals surface area contributed by atoms with E-state index in [9.17, 15) is 22.4 Å². The Kier molecular flexibility index (Phi) is 5.72. The fourth-order valence-corrected chi connectivity index (χ4v) is 3.84. The van der Waals surface area contributed by atoms with Crippen molar-refractivity contribution in [2.75, 3.05) is 0 Å². The number of benzene rings is 2. The predicted molar refractivity (Wildman–Crippen MR) is 118 cm³/mol. The van der Waals surface area contributed by atoms with Crippen LogP contribution in [0.3, 0.4) is 0 Å². The van der Waals surface area contributed by atoms with Gasteiger partial charge in [0.15, 0.2) is 0 Å². The minimum Gasteiger partial charge on any atom is -0.471 e. The summed E-state index contributed by atoms with van der Waals surface area (Å²) in [5.41, 5.74) is 1.50. The van der Waals surface area contributed by atoms with Crippen molar-refractivity contribution in [3.05, 3.63) is 100.0 Å². The van der Waals surface area contributed by atoms with Gasteiger partial charge in [0.2, 0.25) is 5.88 Å². The Labute approximate surface area is 196 Å². The van der Waals surface area contributed by atoms with E-state index in [2.05, 4.69) is 9.97 Å². The van der Waals surface area contributed by atoms with E-state index in [-0.39, 0.29) is 24.0 Å². The zero-order valence-electron chi connectivity index (χ0n) is 18.1. The van der Waals surface area contributed by atoms with Gasteiger partial charge in [-0.25, -0.2) is 9.18 Å². The van der Waals surface area contributed by atoms with Crippen molar-refractivity contribution in [2.24, 2.45) is 0 Å². The standard InChI is InChI=1S/C25H17F4N3O3/c26-21-8-7-17(11-20(21)25(27,28)29)35-18-6-5-16(30-13-18)14-34-23-12-22-19-4-2-1-3-15(19)9-10-32(22)24(33)31-23/h1-8,11-13H,9-10,14H2. The number of pyridine rings is 1. The number of hydrogen-bond acceptors (Lipinski definition) is 5. The molecule has 3 heterocycles. The molecule has 1 aliphatic heterocycles. The molecular formula is C25H17F4N3O3. The number of nitrogens with zero attached hydrogens (tertiary/aromatic N) is 3. The Morgan fingerprint density at radius 2 is 1.80 bits per heavy atom. The lowest BCUT2D eigenvalue weighted by Crippen LogP contribution is -2.28. The lowest BCUT2D eigenvalue weighted by atomic mass is 9.98. The molecule has 0 fully saturated rings. The molecule has 2 aromatic carbocycles. The SMILES string of the molecule is O=c1nc(OCc2ccc(Oc3ccc(F)c(C(F)(F)F)c3)cn2)cc2n1CCc1ccccc1-2. The monoisotopic (exact) mass is 483 g/mol. The molecular weight excluding hydrogens is 466 g/mol. The molecule has 0 spiro atoms. The third-order valence-corrected chi connectivity index (χ3v) is 5.53. The lowest BCUT2D eigenvalue weighted by Gasteiger charge is -2.21. The molecule has 0 bridgehead atoms. The van der Waals surface area contributed by atoms with Gasteiger partial charge in [-0.3, -0.25) is 9.55 Å². The number of ether oxygens (including phenoxy) is 2. The van der Waals surface area contributed by atoms with E-state index in [1.165, 1.54) is 12.3 Å². The van der Waals surface area contributed by atoms with Crippen molar-refractivity contribution in [1.29, 1.82) is 0 Å². The molecule has 0 amide bonds. The summed E-state index contributed by atoms with van der Waals surface area (Å²) >= 11 is 0. The van der Waals surface area contributed by atoms with E-state index in [0.29, 0.717) is 24.4 Å². The first-order valence-corrected chi connectivity index (χ1v) is 10.6. The second-order valence-electron chi connectivity index (χ2n) is 7.84. The molecule has 35 heavy (non-hydrogen) atoms. The predicted octanol–water partition coefficient (Wildman–Crippen LogP) is 5.39. The summed E-state index contributed by atoms with van der Waals surface area (Å²) in [5.74, 6) is -1.24. The quantitative estimate of drug-likeness (QED) is 0.356. The van der Waals surface area contributed by atoms with Crippen molar-refractivity contribution in [2.45, 2.75) is 25.7 Å². The van der Waals surface area contributed by atoms with Crippen LogP contribution in [-0.2, 0) is 25.7 Å². The zero-order valence-corrected chi connectivity index (χ0v) is 18.1. The highest BCUT2D eigenvalue weighted by Gasteiger charge is 2.34. The van der Waals surface area contributed by atoms with Gasteiger partial charge < -0.3 is 9.47 Å². The molecule has 0 N–H and O–H groups in total. The smallest absolute Gasteiger partial charge is 0.419 e. The van der Waals surface area contributed by atoms with Crippen molar-refractivity contribution in [3.63, 3.8) is 0 Å². The van der Waals surface area contributed by atoms with E-state index in [1.807, 2.05) is 24.3 Å². The average Bonchev–Trinajstić information content (AvgIpc) is 2.84. The van der Waals surface area contributed by atoms with Crippen molar-refractivity contribution >= 4 is 0 Å². The Morgan fingerprint density at radius 1 is 1.00 bits per heavy atom. The molecule has 2 aromatic heterocycles. The molecule has 178 valence electrons. The molecule has 0 unspecified atom stereocenters. The molecule has 6 nitrogen and oxygen atoms in total. The number of hydrogen-bond donors (Lipinski definition) is 0. The third kappa shape index (κ3) is 4.72. The van der Waals surface area contributed by atoms with Crippen molar-refractivity contribution < 1.29 is 27.0 Å². The fourth-order valence-electron chi connectivity index (χ4n) is 3.84. The maximum Gasteiger partial charge on any atom is 0.419 e. The van der Waals surface area contributed by atoms with Gasteiger partial charge in [-0.05, 0) is 42.3 Å². The zero-order chi connectivity index (χ0) is 24.6. The second kappa shape index (κ2) is 8.86. The molecule has 0 saturated carbocycles. The second-order valence-corrected chi connectivity index (χ2v) is 7.84. The van der Waals surface area contributed by atoms with Gasteiger partial charge in [0.1, 0.15) is 23.9 Å². The van der Waals surface area contributed by atoms with E-state index >= 15 is 0 Å². The first-order chi connectivity index (χ1) is 16.8. The number of alkyl halides is 3. The van der Waals surface area contributed by atoms with Gasteiger partial charge in [-0.2, -0.15) is 18.2 Å². The molecule has 0 aliphatic carbocycles. The average molecular weight is 483 g/mol. The van der Waals surface area contributed by atoms with Crippen LogP contribution in [0.2, 0.25) is 0 Å². The summed E-state index contributed by atoms with van der Waals surface area (Å²) in [6, 6.07) is 15.0. The summed E-state index contributed by atoms with van der Waals surface area (Å²) in [5, 5.41) is 0. The molecule has 0 radical (unpaired) electrons. The molecule has 0 saturated heterocycles. The number of rotatable bonds is 5. The summed E-state index contributed by atoms with van der Waals surface area (Å²) in [7, 11) is 0. The van der Waals surface area contributed by atoms with Crippen LogP contribution in [0.15, 0.2) is 71.7 Å². The van der Waals surface area contributed by atoms with Crippen LogP contribution in [0.25, 0.3) is 11.3 Å². The van der Waals surface area contributed by atoms with Gasteiger partial charge in [-0.1, -0.05) is 24.3 Å². The summed E-state index contributed by atoms with van der Waals surface area (Å²) < 4.78 is 64.8. The van der Waals surface area contributed by atoms with Crippen LogP contribution in [-0.4, -0.2) is 14.5 Å². The summed E-state index contributed by atoms with van der Waals surface area (Å²) in [4.78, 5) is 20.6. The van der Waals surface area contributed by atoms with Crippen LogP contribution in [0.1, 0.15) is 16.8 Å². The summed E-state index contributed by atoms with van der Waals surface area (Å²) in [6.07, 6.45) is -2.78. The lowest BCUT2D eigenvalue weighted by molar-refractivity contribution is -0.140. The van der Waals surface area contributed by atoms with Crippen LogP contribution in [0.4, 0.5) is 17.6 Å². The van der Waals surface area contributed by atoms with Gasteiger partial charge in [0, 0.05) is 18.2 Å². The minimum atomic E-state index is -4.84. The molecule has 10 heteroatoms. The number of halogens is 4. The first-order valence-electron chi connectivity index (χ1n) is 10.6. The van der Waals surface area contributed by atoms with Crippen molar-refractivity contribution in [3.8, 4) is 28.6 Å². The van der Waals surface area contributed by atoms with Crippen LogP contribution in [0, 0.1) is 5.82 Å². The van der Waals surface area contributed by atoms with E-state index < -0.39 is 23.2 Å².